The molecule has 0 spiro atoms. The van der Waals surface area contributed by atoms with Gasteiger partial charge in [0.05, 0.1) is 12.1 Å². The van der Waals surface area contributed by atoms with Crippen molar-refractivity contribution in [3.63, 3.8) is 0 Å². The van der Waals surface area contributed by atoms with Crippen LogP contribution in [0.4, 0.5) is 0 Å². The average Bonchev–Trinajstić information content (AvgIpc) is 3.07. The Hall–Kier alpha value is -2.08. The van der Waals surface area contributed by atoms with Gasteiger partial charge >= 0.3 is 0 Å². The Morgan fingerprint density at radius 2 is 2.00 bits per heavy atom. The van der Waals surface area contributed by atoms with Gasteiger partial charge in [-0.25, -0.2) is 0 Å². The molecule has 1 fully saturated rings. The topological polar surface area (TPSA) is 48.8 Å². The number of hydrogen-bond donors (Lipinski definition) is 0. The molecule has 6 heteroatoms. The Kier molecular flexibility index (Phi) is 4.14. The SMILES string of the molecule is C[C@H]1CN=C(N2CCN(C(=O)c3cccc4ncccc34)CC2)S1. The third kappa shape index (κ3) is 2.86. The molecule has 0 saturated carbocycles. The van der Waals surface area contributed by atoms with Crippen LogP contribution in [0.1, 0.15) is 17.3 Å². The lowest BCUT2D eigenvalue weighted by Crippen LogP contribution is -2.49. The number of amides is 1. The number of carbonyl (C=O) groups is 1. The average molecular weight is 340 g/mol. The molecule has 0 bridgehead atoms. The van der Waals surface area contributed by atoms with Crippen LogP contribution in [-0.4, -0.2) is 63.8 Å². The van der Waals surface area contributed by atoms with Crippen LogP contribution in [0.25, 0.3) is 10.9 Å². The van der Waals surface area contributed by atoms with Crippen LogP contribution in [0.2, 0.25) is 0 Å². The van der Waals surface area contributed by atoms with Gasteiger partial charge in [-0.05, 0) is 18.2 Å². The van der Waals surface area contributed by atoms with Crippen molar-refractivity contribution in [2.45, 2.75) is 12.2 Å². The summed E-state index contributed by atoms with van der Waals surface area (Å²) in [6.07, 6.45) is 1.76. The molecule has 24 heavy (non-hydrogen) atoms. The van der Waals surface area contributed by atoms with Gasteiger partial charge < -0.3 is 9.80 Å². The fourth-order valence-corrected chi connectivity index (χ4v) is 4.19. The third-order valence-corrected chi connectivity index (χ3v) is 5.65. The number of rotatable bonds is 1. The van der Waals surface area contributed by atoms with E-state index in [4.69, 9.17) is 0 Å². The quantitative estimate of drug-likeness (QED) is 0.800. The Labute approximate surface area is 145 Å². The maximum atomic E-state index is 12.9. The molecule has 0 aliphatic carbocycles. The van der Waals surface area contributed by atoms with Crippen molar-refractivity contribution in [1.29, 1.82) is 0 Å². The number of fused-ring (bicyclic) bond motifs is 1. The molecule has 2 aliphatic heterocycles. The molecule has 1 atom stereocenters. The van der Waals surface area contributed by atoms with E-state index in [0.29, 0.717) is 5.25 Å². The Morgan fingerprint density at radius 1 is 1.17 bits per heavy atom. The van der Waals surface area contributed by atoms with Crippen LogP contribution >= 0.6 is 11.8 Å². The summed E-state index contributed by atoms with van der Waals surface area (Å²) in [5.41, 5.74) is 1.61. The lowest BCUT2D eigenvalue weighted by molar-refractivity contribution is 0.0695. The second-order valence-corrected chi connectivity index (χ2v) is 7.61. The number of benzene rings is 1. The molecule has 2 aromatic rings. The van der Waals surface area contributed by atoms with E-state index in [1.165, 1.54) is 0 Å². The van der Waals surface area contributed by atoms with E-state index in [-0.39, 0.29) is 5.91 Å². The zero-order valence-electron chi connectivity index (χ0n) is 13.7. The molecule has 0 N–H and O–H groups in total. The van der Waals surface area contributed by atoms with Crippen LogP contribution in [-0.2, 0) is 0 Å². The summed E-state index contributed by atoms with van der Waals surface area (Å²) in [4.78, 5) is 26.1. The molecule has 1 aromatic carbocycles. The monoisotopic (exact) mass is 340 g/mol. The van der Waals surface area contributed by atoms with Crippen molar-refractivity contribution in [3.8, 4) is 0 Å². The van der Waals surface area contributed by atoms with E-state index in [9.17, 15) is 4.79 Å². The first-order chi connectivity index (χ1) is 11.7. The highest BCUT2D eigenvalue weighted by Gasteiger charge is 2.27. The van der Waals surface area contributed by atoms with Crippen molar-refractivity contribution in [3.05, 3.63) is 42.1 Å². The number of pyridine rings is 1. The molecule has 124 valence electrons. The number of piperazine rings is 1. The maximum Gasteiger partial charge on any atom is 0.254 e. The molecule has 1 aromatic heterocycles. The summed E-state index contributed by atoms with van der Waals surface area (Å²) in [6.45, 7) is 6.30. The number of aliphatic imine (C=N–C) groups is 1. The van der Waals surface area contributed by atoms with Gasteiger partial charge in [0.15, 0.2) is 5.17 Å². The van der Waals surface area contributed by atoms with E-state index in [1.54, 1.807) is 6.20 Å². The van der Waals surface area contributed by atoms with Crippen LogP contribution in [0.15, 0.2) is 41.5 Å². The molecular weight excluding hydrogens is 320 g/mol. The van der Waals surface area contributed by atoms with Gasteiger partial charge in [0, 0.05) is 48.6 Å². The first-order valence-electron chi connectivity index (χ1n) is 8.31. The molecule has 0 unspecified atom stereocenters. The van der Waals surface area contributed by atoms with E-state index in [0.717, 1.165) is 54.4 Å². The molecular formula is C18H20N4OS. The lowest BCUT2D eigenvalue weighted by Gasteiger charge is -2.35. The molecule has 4 rings (SSSR count). The molecule has 5 nitrogen and oxygen atoms in total. The maximum absolute atomic E-state index is 12.9. The molecule has 3 heterocycles. The van der Waals surface area contributed by atoms with Crippen LogP contribution in [0.3, 0.4) is 0 Å². The standard InChI is InChI=1S/C18H20N4OS/c1-13-12-20-18(24-13)22-10-8-21(9-11-22)17(23)15-4-2-6-16-14(15)5-3-7-19-16/h2-7,13H,8-12H2,1H3/t13-/m0/s1. The number of amidine groups is 1. The van der Waals surface area contributed by atoms with Gasteiger partial charge in [-0.15, -0.1) is 0 Å². The second-order valence-electron chi connectivity index (χ2n) is 6.21. The summed E-state index contributed by atoms with van der Waals surface area (Å²) in [5, 5.41) is 2.64. The van der Waals surface area contributed by atoms with Crippen molar-refractivity contribution in [2.75, 3.05) is 32.7 Å². The Morgan fingerprint density at radius 3 is 2.75 bits per heavy atom. The summed E-state index contributed by atoms with van der Waals surface area (Å²) < 4.78 is 0. The van der Waals surface area contributed by atoms with Crippen molar-refractivity contribution in [2.24, 2.45) is 4.99 Å². The molecule has 2 aliphatic rings. The molecule has 1 saturated heterocycles. The number of thioether (sulfide) groups is 1. The number of nitrogens with zero attached hydrogens (tertiary/aromatic N) is 4. The Bertz CT molecular complexity index is 793. The van der Waals surface area contributed by atoms with Gasteiger partial charge in [0.2, 0.25) is 0 Å². The molecule has 0 radical (unpaired) electrons. The number of aromatic nitrogens is 1. The van der Waals surface area contributed by atoms with Gasteiger partial charge in [-0.3, -0.25) is 14.8 Å². The van der Waals surface area contributed by atoms with Crippen molar-refractivity contribution < 1.29 is 4.79 Å². The highest BCUT2D eigenvalue weighted by atomic mass is 32.2. The van der Waals surface area contributed by atoms with E-state index in [2.05, 4.69) is 21.8 Å². The minimum Gasteiger partial charge on any atom is -0.348 e. The fraction of sp³-hybridized carbons (Fsp3) is 0.389. The first kappa shape index (κ1) is 15.4. The first-order valence-corrected chi connectivity index (χ1v) is 9.19. The zero-order valence-corrected chi connectivity index (χ0v) is 14.5. The second kappa shape index (κ2) is 6.43. The lowest BCUT2D eigenvalue weighted by atomic mass is 10.1. The third-order valence-electron chi connectivity index (χ3n) is 4.50. The Balaban J connectivity index is 1.48. The summed E-state index contributed by atoms with van der Waals surface area (Å²) in [5.74, 6) is 0.0997. The summed E-state index contributed by atoms with van der Waals surface area (Å²) in [6, 6.07) is 9.60. The largest absolute Gasteiger partial charge is 0.348 e. The van der Waals surface area contributed by atoms with E-state index >= 15 is 0 Å². The van der Waals surface area contributed by atoms with Gasteiger partial charge in [-0.1, -0.05) is 30.8 Å². The van der Waals surface area contributed by atoms with Gasteiger partial charge in [0.1, 0.15) is 0 Å². The van der Waals surface area contributed by atoms with Gasteiger partial charge in [0.25, 0.3) is 5.91 Å². The van der Waals surface area contributed by atoms with Crippen LogP contribution in [0.5, 0.6) is 0 Å². The predicted molar refractivity (Wildman–Crippen MR) is 98.6 cm³/mol. The van der Waals surface area contributed by atoms with E-state index < -0.39 is 0 Å². The highest BCUT2D eigenvalue weighted by Crippen LogP contribution is 2.24. The van der Waals surface area contributed by atoms with Crippen molar-refractivity contribution in [1.82, 2.24) is 14.8 Å². The summed E-state index contributed by atoms with van der Waals surface area (Å²) in [7, 11) is 0. The minimum absolute atomic E-state index is 0.0997. The number of hydrogen-bond acceptors (Lipinski definition) is 5. The van der Waals surface area contributed by atoms with Crippen LogP contribution < -0.4 is 0 Å². The normalized spacial score (nSPS) is 21.2. The fourth-order valence-electron chi connectivity index (χ4n) is 3.20. The minimum atomic E-state index is 0.0997. The predicted octanol–water partition coefficient (Wildman–Crippen LogP) is 2.48. The van der Waals surface area contributed by atoms with Crippen molar-refractivity contribution >= 4 is 33.7 Å². The smallest absolute Gasteiger partial charge is 0.254 e. The number of carbonyl (C=O) groups excluding carboxylic acids is 1. The summed E-state index contributed by atoms with van der Waals surface area (Å²) >= 11 is 1.84. The van der Waals surface area contributed by atoms with Crippen LogP contribution in [0, 0.1) is 0 Å². The molecule has 1 amide bonds. The van der Waals surface area contributed by atoms with Gasteiger partial charge in [-0.2, -0.15) is 0 Å². The highest BCUT2D eigenvalue weighted by molar-refractivity contribution is 8.14. The van der Waals surface area contributed by atoms with E-state index in [1.807, 2.05) is 47.0 Å². The zero-order chi connectivity index (χ0) is 16.5.